The maximum absolute atomic E-state index is 13.7. The number of fused-ring (bicyclic) bond motifs is 5. The fraction of sp³-hybridized carbons (Fsp3) is 0.846. The highest BCUT2D eigenvalue weighted by molar-refractivity contribution is 5.89. The van der Waals surface area contributed by atoms with Crippen molar-refractivity contribution in [2.45, 2.75) is 98.2 Å². The molecule has 0 saturated heterocycles. The molecule has 1 aliphatic heterocycles. The third-order valence-electron chi connectivity index (χ3n) is 9.79. The number of nitrogens with zero attached hydrogens (tertiary/aromatic N) is 2. The van der Waals surface area contributed by atoms with E-state index in [9.17, 15) is 9.59 Å². The molecule has 0 bridgehead atoms. The van der Waals surface area contributed by atoms with Gasteiger partial charge in [-0.05, 0) is 95.5 Å². The van der Waals surface area contributed by atoms with Crippen LogP contribution in [-0.2, 0) is 9.59 Å². The molecule has 3 saturated carbocycles. The van der Waals surface area contributed by atoms with Crippen molar-refractivity contribution >= 4 is 11.8 Å². The molecule has 0 spiro atoms. The molecule has 168 valence electrons. The molecule has 0 N–H and O–H groups in total. The second-order valence-corrected chi connectivity index (χ2v) is 11.7. The first kappa shape index (κ1) is 21.9. The Balaban J connectivity index is 1.61. The lowest BCUT2D eigenvalue weighted by Crippen LogP contribution is -2.60. The van der Waals surface area contributed by atoms with Crippen molar-refractivity contribution in [2.75, 3.05) is 7.05 Å². The monoisotopic (exact) mass is 414 g/mol. The molecule has 30 heavy (non-hydrogen) atoms. The normalized spacial score (nSPS) is 42.9. The largest absolute Gasteiger partial charge is 0.338 e. The van der Waals surface area contributed by atoms with Gasteiger partial charge in [-0.15, -0.1) is 0 Å². The molecule has 3 fully saturated rings. The van der Waals surface area contributed by atoms with Gasteiger partial charge in [0.25, 0.3) is 0 Å². The predicted octanol–water partition coefficient (Wildman–Crippen LogP) is 4.89. The van der Waals surface area contributed by atoms with Crippen molar-refractivity contribution < 1.29 is 9.59 Å². The topological polar surface area (TPSA) is 40.6 Å². The number of hydrogen-bond acceptors (Lipinski definition) is 2. The van der Waals surface area contributed by atoms with Crippen LogP contribution in [0.2, 0.25) is 0 Å². The van der Waals surface area contributed by atoms with Crippen molar-refractivity contribution in [3.8, 4) is 0 Å². The summed E-state index contributed by atoms with van der Waals surface area (Å²) in [5, 5.41) is 0. The van der Waals surface area contributed by atoms with Crippen molar-refractivity contribution in [3.05, 3.63) is 12.2 Å². The van der Waals surface area contributed by atoms with Crippen LogP contribution in [0.25, 0.3) is 0 Å². The molecule has 2 amide bonds. The van der Waals surface area contributed by atoms with Gasteiger partial charge in [0, 0.05) is 36.5 Å². The highest BCUT2D eigenvalue weighted by Crippen LogP contribution is 2.65. The van der Waals surface area contributed by atoms with Crippen LogP contribution in [0.4, 0.5) is 0 Å². The third kappa shape index (κ3) is 2.99. The summed E-state index contributed by atoms with van der Waals surface area (Å²) in [6, 6.07) is 0.842. The molecule has 0 aromatic heterocycles. The zero-order valence-electron chi connectivity index (χ0n) is 20.1. The van der Waals surface area contributed by atoms with Crippen LogP contribution >= 0.6 is 0 Å². The molecule has 0 aromatic carbocycles. The molecule has 4 heteroatoms. The van der Waals surface area contributed by atoms with Crippen LogP contribution in [0.1, 0.15) is 80.1 Å². The van der Waals surface area contributed by atoms with Crippen LogP contribution in [0.5, 0.6) is 0 Å². The van der Waals surface area contributed by atoms with Gasteiger partial charge in [0.1, 0.15) is 0 Å². The Kier molecular flexibility index (Phi) is 5.38. The van der Waals surface area contributed by atoms with Crippen LogP contribution in [0.3, 0.4) is 0 Å². The summed E-state index contributed by atoms with van der Waals surface area (Å²) in [4.78, 5) is 30.1. The standard InChI is InChI=1S/C26H42N2O2/c1-16(2)28(17(3)4)24(30)21-10-9-19-18-8-11-22-26(6,15-13-23(29)27(22)7)20(18)12-14-25(19,21)5/h13,15-22H,8-12,14H2,1-7H3/t18-,19-,20-,21+,22+,25-,26+/m0/s1. The van der Waals surface area contributed by atoms with Gasteiger partial charge < -0.3 is 9.80 Å². The fourth-order valence-electron chi connectivity index (χ4n) is 8.43. The van der Waals surface area contributed by atoms with E-state index in [2.05, 4.69) is 52.5 Å². The summed E-state index contributed by atoms with van der Waals surface area (Å²) in [5.41, 5.74) is 0.209. The summed E-state index contributed by atoms with van der Waals surface area (Å²) in [7, 11) is 1.98. The Bertz CT molecular complexity index is 735. The number of carbonyl (C=O) groups is 2. The molecule has 7 atom stereocenters. The summed E-state index contributed by atoms with van der Waals surface area (Å²) in [6.07, 6.45) is 10.9. The molecule has 4 aliphatic rings. The van der Waals surface area contributed by atoms with E-state index in [0.29, 0.717) is 29.7 Å². The Morgan fingerprint density at radius 1 is 1.03 bits per heavy atom. The van der Waals surface area contributed by atoms with Crippen LogP contribution in [-0.4, -0.2) is 46.8 Å². The average Bonchev–Trinajstić information content (AvgIpc) is 3.01. The van der Waals surface area contributed by atoms with E-state index in [0.717, 1.165) is 19.3 Å². The van der Waals surface area contributed by atoms with Crippen LogP contribution < -0.4 is 0 Å². The zero-order valence-corrected chi connectivity index (χ0v) is 20.1. The first-order valence-corrected chi connectivity index (χ1v) is 12.3. The summed E-state index contributed by atoms with van der Waals surface area (Å²) in [6.45, 7) is 13.4. The van der Waals surface area contributed by atoms with Gasteiger partial charge in [-0.1, -0.05) is 19.9 Å². The van der Waals surface area contributed by atoms with Gasteiger partial charge in [0.15, 0.2) is 0 Å². The fourth-order valence-corrected chi connectivity index (χ4v) is 8.43. The first-order valence-electron chi connectivity index (χ1n) is 12.3. The number of rotatable bonds is 3. The second kappa shape index (κ2) is 7.38. The zero-order chi connectivity index (χ0) is 22.0. The highest BCUT2D eigenvalue weighted by Gasteiger charge is 2.61. The smallest absolute Gasteiger partial charge is 0.246 e. The lowest BCUT2D eigenvalue weighted by atomic mass is 9.47. The minimum absolute atomic E-state index is 0.0803. The Hall–Kier alpha value is -1.32. The van der Waals surface area contributed by atoms with E-state index in [1.54, 1.807) is 0 Å². The van der Waals surface area contributed by atoms with Gasteiger partial charge in [-0.3, -0.25) is 9.59 Å². The molecule has 0 radical (unpaired) electrons. The van der Waals surface area contributed by atoms with Gasteiger partial charge in [-0.25, -0.2) is 0 Å². The van der Waals surface area contributed by atoms with Gasteiger partial charge in [-0.2, -0.15) is 0 Å². The number of amides is 2. The van der Waals surface area contributed by atoms with Crippen LogP contribution in [0.15, 0.2) is 12.2 Å². The summed E-state index contributed by atoms with van der Waals surface area (Å²) >= 11 is 0. The molecule has 4 nitrogen and oxygen atoms in total. The van der Waals surface area contributed by atoms with E-state index < -0.39 is 0 Å². The third-order valence-corrected chi connectivity index (χ3v) is 9.79. The van der Waals surface area contributed by atoms with Gasteiger partial charge in [0.05, 0.1) is 0 Å². The van der Waals surface area contributed by atoms with Gasteiger partial charge in [0.2, 0.25) is 11.8 Å². The molecule has 1 heterocycles. The van der Waals surface area contributed by atoms with E-state index >= 15 is 0 Å². The number of carbonyl (C=O) groups excluding carboxylic acids is 2. The van der Waals surface area contributed by atoms with Crippen LogP contribution in [0, 0.1) is 34.5 Å². The lowest BCUT2D eigenvalue weighted by Gasteiger charge is -2.60. The molecule has 3 aliphatic carbocycles. The lowest BCUT2D eigenvalue weighted by molar-refractivity contribution is -0.150. The van der Waals surface area contributed by atoms with E-state index in [1.807, 2.05) is 18.0 Å². The minimum Gasteiger partial charge on any atom is -0.338 e. The van der Waals surface area contributed by atoms with Crippen molar-refractivity contribution in [1.29, 1.82) is 0 Å². The molecule has 0 aromatic rings. The Morgan fingerprint density at radius 2 is 1.70 bits per heavy atom. The van der Waals surface area contributed by atoms with Crippen molar-refractivity contribution in [1.82, 2.24) is 9.80 Å². The Labute approximate surface area is 183 Å². The molecular formula is C26H42N2O2. The first-order chi connectivity index (χ1) is 14.0. The maximum atomic E-state index is 13.7. The van der Waals surface area contributed by atoms with E-state index in [1.165, 1.54) is 19.3 Å². The number of hydrogen-bond donors (Lipinski definition) is 0. The quantitative estimate of drug-likeness (QED) is 0.660. The summed E-state index contributed by atoms with van der Waals surface area (Å²) < 4.78 is 0. The summed E-state index contributed by atoms with van der Waals surface area (Å²) in [5.74, 6) is 2.67. The van der Waals surface area contributed by atoms with Crippen molar-refractivity contribution in [3.63, 3.8) is 0 Å². The molecule has 0 unspecified atom stereocenters. The second-order valence-electron chi connectivity index (χ2n) is 11.7. The SMILES string of the molecule is CC(C)N(C(=O)[C@H]1CC[C@H]2[C@@H]3CC[C@H]4N(C)C(=O)C=C[C@]4(C)[C@H]3CC[C@]12C)C(C)C. The molecular weight excluding hydrogens is 372 g/mol. The van der Waals surface area contributed by atoms with E-state index in [-0.39, 0.29) is 34.7 Å². The Morgan fingerprint density at radius 3 is 2.33 bits per heavy atom. The predicted molar refractivity (Wildman–Crippen MR) is 121 cm³/mol. The minimum atomic E-state index is 0.0803. The van der Waals surface area contributed by atoms with Gasteiger partial charge >= 0.3 is 0 Å². The average molecular weight is 415 g/mol. The van der Waals surface area contributed by atoms with Crippen molar-refractivity contribution in [2.24, 2.45) is 34.5 Å². The van der Waals surface area contributed by atoms with E-state index in [4.69, 9.17) is 0 Å². The maximum Gasteiger partial charge on any atom is 0.246 e. The molecule has 4 rings (SSSR count). The number of likely N-dealkylation sites (N-methyl/N-ethyl adjacent to an activating group) is 1. The highest BCUT2D eigenvalue weighted by atomic mass is 16.2.